The first kappa shape index (κ1) is 10.7. The fourth-order valence-corrected chi connectivity index (χ4v) is 1.50. The molecule has 0 bridgehead atoms. The first-order chi connectivity index (χ1) is 7.81. The van der Waals surface area contributed by atoms with Gasteiger partial charge in [-0.1, -0.05) is 30.3 Å². The fraction of sp³-hybridized carbons (Fsp3) is 0.200. The van der Waals surface area contributed by atoms with Gasteiger partial charge in [-0.3, -0.25) is 9.59 Å². The lowest BCUT2D eigenvalue weighted by atomic mass is 9.91. The van der Waals surface area contributed by atoms with Crippen molar-refractivity contribution in [1.29, 1.82) is 0 Å². The number of carbonyl (C=O) groups excluding carboxylic acids is 2. The molecule has 0 saturated carbocycles. The van der Waals surface area contributed by atoms with E-state index in [9.17, 15) is 9.59 Å². The van der Waals surface area contributed by atoms with Crippen LogP contribution in [0.5, 0.6) is 0 Å². The van der Waals surface area contributed by atoms with Gasteiger partial charge in [-0.05, 0) is 5.56 Å². The van der Waals surface area contributed by atoms with E-state index in [0.717, 1.165) is 5.56 Å². The molecule has 1 aliphatic heterocycles. The van der Waals surface area contributed by atoms with Crippen LogP contribution in [0.25, 0.3) is 0 Å². The van der Waals surface area contributed by atoms with E-state index in [4.69, 9.17) is 9.31 Å². The quantitative estimate of drug-likeness (QED) is 0.575. The van der Waals surface area contributed by atoms with Gasteiger partial charge in [0.25, 0.3) is 0 Å². The van der Waals surface area contributed by atoms with Gasteiger partial charge in [-0.25, -0.2) is 0 Å². The second-order valence-corrected chi connectivity index (χ2v) is 3.32. The van der Waals surface area contributed by atoms with E-state index in [-0.39, 0.29) is 6.44 Å². The van der Waals surface area contributed by atoms with E-state index in [0.29, 0.717) is 6.41 Å². The molecule has 1 unspecified atom stereocenters. The molecule has 6 heteroatoms. The highest BCUT2D eigenvalue weighted by atomic mass is 16.7. The number of amides is 1. The van der Waals surface area contributed by atoms with Gasteiger partial charge in [-0.15, -0.1) is 0 Å². The average Bonchev–Trinajstić information content (AvgIpc) is 2.69. The van der Waals surface area contributed by atoms with Crippen molar-refractivity contribution in [1.82, 2.24) is 5.32 Å². The molecule has 1 N–H and O–H groups in total. The predicted molar refractivity (Wildman–Crippen MR) is 56.2 cm³/mol. The van der Waals surface area contributed by atoms with Gasteiger partial charge in [0.2, 0.25) is 6.41 Å². The summed E-state index contributed by atoms with van der Waals surface area (Å²) in [5.74, 6) is -0.427. The monoisotopic (exact) mass is 219 g/mol. The smallest absolute Gasteiger partial charge is 0.506 e. The van der Waals surface area contributed by atoms with Gasteiger partial charge in [0.15, 0.2) is 6.10 Å². The van der Waals surface area contributed by atoms with Gasteiger partial charge in [0.1, 0.15) is 0 Å². The lowest BCUT2D eigenvalue weighted by Crippen LogP contribution is -2.31. The molecule has 1 saturated heterocycles. The van der Waals surface area contributed by atoms with Crippen LogP contribution in [0.15, 0.2) is 30.3 Å². The SMILES string of the molecule is O=CNCB1OC(=O)C(c2ccccc2)O1. The van der Waals surface area contributed by atoms with Crippen molar-refractivity contribution in [2.75, 3.05) is 6.44 Å². The summed E-state index contributed by atoms with van der Waals surface area (Å²) < 4.78 is 10.3. The molecular formula is C10H10BNO4. The molecule has 0 spiro atoms. The number of hydrogen-bond acceptors (Lipinski definition) is 4. The zero-order valence-corrected chi connectivity index (χ0v) is 8.46. The number of rotatable bonds is 4. The minimum atomic E-state index is -0.706. The highest BCUT2D eigenvalue weighted by molar-refractivity contribution is 6.49. The second-order valence-electron chi connectivity index (χ2n) is 3.32. The summed E-state index contributed by atoms with van der Waals surface area (Å²) in [5, 5.41) is 2.40. The molecule has 0 aliphatic carbocycles. The third kappa shape index (κ3) is 2.22. The maximum atomic E-state index is 11.5. The second kappa shape index (κ2) is 4.80. The molecule has 1 amide bonds. The Morgan fingerprint density at radius 1 is 1.38 bits per heavy atom. The maximum Gasteiger partial charge on any atom is 0.548 e. The third-order valence-electron chi connectivity index (χ3n) is 2.22. The lowest BCUT2D eigenvalue weighted by Gasteiger charge is -2.06. The number of carbonyl (C=O) groups is 2. The van der Waals surface area contributed by atoms with E-state index >= 15 is 0 Å². The van der Waals surface area contributed by atoms with Crippen LogP contribution in [0.4, 0.5) is 0 Å². The van der Waals surface area contributed by atoms with Gasteiger partial charge >= 0.3 is 13.1 Å². The standard InChI is InChI=1S/C10H10BNO4/c13-7-12-6-11-15-9(10(14)16-11)8-4-2-1-3-5-8/h1-5,7,9H,6H2,(H,12,13). The van der Waals surface area contributed by atoms with Crippen LogP contribution >= 0.6 is 0 Å². The fourth-order valence-electron chi connectivity index (χ4n) is 1.50. The summed E-state index contributed by atoms with van der Waals surface area (Å²) in [7, 11) is -0.706. The summed E-state index contributed by atoms with van der Waals surface area (Å²) in [4.78, 5) is 21.6. The van der Waals surface area contributed by atoms with Crippen LogP contribution in [0.2, 0.25) is 0 Å². The van der Waals surface area contributed by atoms with E-state index in [2.05, 4.69) is 5.32 Å². The van der Waals surface area contributed by atoms with Crippen LogP contribution in [0, 0.1) is 0 Å². The Morgan fingerprint density at radius 2 is 2.12 bits per heavy atom. The minimum Gasteiger partial charge on any atom is -0.506 e. The Morgan fingerprint density at radius 3 is 2.81 bits per heavy atom. The Labute approximate surface area is 92.9 Å². The summed E-state index contributed by atoms with van der Waals surface area (Å²) in [6.45, 7) is 0. The molecular weight excluding hydrogens is 209 g/mol. The third-order valence-corrected chi connectivity index (χ3v) is 2.22. The molecule has 5 nitrogen and oxygen atoms in total. The van der Waals surface area contributed by atoms with E-state index in [1.54, 1.807) is 12.1 Å². The van der Waals surface area contributed by atoms with Gasteiger partial charge < -0.3 is 14.6 Å². The molecule has 16 heavy (non-hydrogen) atoms. The molecule has 1 aliphatic rings. The first-order valence-electron chi connectivity index (χ1n) is 4.89. The van der Waals surface area contributed by atoms with Gasteiger partial charge in [-0.2, -0.15) is 0 Å². The Hall–Kier alpha value is -1.82. The number of nitrogens with one attached hydrogen (secondary N) is 1. The van der Waals surface area contributed by atoms with Crippen LogP contribution in [0.3, 0.4) is 0 Å². The Kier molecular flexibility index (Phi) is 3.21. The van der Waals surface area contributed by atoms with Crippen molar-refractivity contribution in [2.45, 2.75) is 6.10 Å². The molecule has 1 aromatic rings. The van der Waals surface area contributed by atoms with Crippen LogP contribution in [0.1, 0.15) is 11.7 Å². The minimum absolute atomic E-state index is 0.165. The van der Waals surface area contributed by atoms with Crippen molar-refractivity contribution in [3.8, 4) is 0 Å². The van der Waals surface area contributed by atoms with Crippen molar-refractivity contribution in [2.24, 2.45) is 0 Å². The van der Waals surface area contributed by atoms with Gasteiger partial charge in [0.05, 0.1) is 6.44 Å². The summed E-state index contributed by atoms with van der Waals surface area (Å²) >= 11 is 0. The van der Waals surface area contributed by atoms with Gasteiger partial charge in [0, 0.05) is 0 Å². The van der Waals surface area contributed by atoms with Crippen LogP contribution in [-0.4, -0.2) is 25.9 Å². The normalized spacial score (nSPS) is 19.4. The summed E-state index contributed by atoms with van der Waals surface area (Å²) in [6.07, 6.45) is 0.00525. The molecule has 1 aromatic carbocycles. The van der Waals surface area contributed by atoms with E-state index < -0.39 is 19.2 Å². The molecule has 1 atom stereocenters. The average molecular weight is 219 g/mol. The molecule has 0 radical (unpaired) electrons. The number of benzene rings is 1. The molecule has 2 rings (SSSR count). The van der Waals surface area contributed by atoms with E-state index in [1.807, 2.05) is 18.2 Å². The van der Waals surface area contributed by atoms with Crippen LogP contribution < -0.4 is 5.32 Å². The zero-order valence-electron chi connectivity index (χ0n) is 8.46. The van der Waals surface area contributed by atoms with Crippen molar-refractivity contribution in [3.63, 3.8) is 0 Å². The largest absolute Gasteiger partial charge is 0.548 e. The topological polar surface area (TPSA) is 64.6 Å². The predicted octanol–water partition coefficient (Wildman–Crippen LogP) is 0.0745. The van der Waals surface area contributed by atoms with E-state index in [1.165, 1.54) is 0 Å². The number of hydrogen-bond donors (Lipinski definition) is 1. The molecule has 1 heterocycles. The molecule has 1 fully saturated rings. The highest BCUT2D eigenvalue weighted by Crippen LogP contribution is 2.25. The van der Waals surface area contributed by atoms with Crippen LogP contribution in [-0.2, 0) is 18.9 Å². The van der Waals surface area contributed by atoms with Crippen molar-refractivity contribution >= 4 is 19.5 Å². The Balaban J connectivity index is 2.02. The highest BCUT2D eigenvalue weighted by Gasteiger charge is 2.40. The lowest BCUT2D eigenvalue weighted by molar-refractivity contribution is -0.136. The molecule has 0 aromatic heterocycles. The maximum absolute atomic E-state index is 11.5. The van der Waals surface area contributed by atoms with Crippen molar-refractivity contribution < 1.29 is 18.9 Å². The first-order valence-corrected chi connectivity index (χ1v) is 4.89. The molecule has 82 valence electrons. The van der Waals surface area contributed by atoms with Crippen molar-refractivity contribution in [3.05, 3.63) is 35.9 Å². The Bertz CT molecular complexity index is 384. The summed E-state index contributed by atoms with van der Waals surface area (Å²) in [6, 6.07) is 9.09. The zero-order chi connectivity index (χ0) is 11.4. The summed E-state index contributed by atoms with van der Waals surface area (Å²) in [5.41, 5.74) is 0.751.